The number of aliphatic hydroxyl groups excluding tert-OH is 1. The Kier molecular flexibility index (Phi) is 8.16. The van der Waals surface area contributed by atoms with E-state index in [1.165, 1.54) is 4.90 Å². The number of amides is 2. The van der Waals surface area contributed by atoms with Gasteiger partial charge in [-0.25, -0.2) is 0 Å². The molecular formula is C27H28N2O5. The highest BCUT2D eigenvalue weighted by molar-refractivity contribution is 5.97. The number of carboxylic acid groups (broad SMARTS) is 1. The van der Waals surface area contributed by atoms with Gasteiger partial charge < -0.3 is 20.8 Å². The molecular weight excluding hydrogens is 432 g/mol. The van der Waals surface area contributed by atoms with Gasteiger partial charge in [0, 0.05) is 18.5 Å². The number of rotatable bonds is 10. The highest BCUT2D eigenvalue weighted by Crippen LogP contribution is 2.23. The lowest BCUT2D eigenvalue weighted by Crippen LogP contribution is -2.47. The molecule has 0 unspecified atom stereocenters. The number of carbonyl (C=O) groups is 3. The minimum Gasteiger partial charge on any atom is -0.481 e. The monoisotopic (exact) mass is 460 g/mol. The van der Waals surface area contributed by atoms with E-state index in [9.17, 15) is 19.5 Å². The molecule has 2 amide bonds. The Morgan fingerprint density at radius 3 is 2.06 bits per heavy atom. The topological polar surface area (TPSA) is 121 Å². The standard InChI is InChI=1S/C27H28N2O5/c1-18-3-2-4-20(15-18)16-29(24(26(28)33)13-14-25(31)32)27(34)23-11-9-22(10-12-23)21-7-5-19(17-30)6-8-21/h2-12,15,24,30H,13-14,16-17H2,1H3,(H2,28,33)(H,31,32)/t24-/m0/s1. The Morgan fingerprint density at radius 1 is 0.912 bits per heavy atom. The van der Waals surface area contributed by atoms with Gasteiger partial charge >= 0.3 is 5.97 Å². The summed E-state index contributed by atoms with van der Waals surface area (Å²) in [6, 6.07) is 20.9. The van der Waals surface area contributed by atoms with Crippen molar-refractivity contribution >= 4 is 17.8 Å². The van der Waals surface area contributed by atoms with Crippen molar-refractivity contribution in [1.29, 1.82) is 0 Å². The molecule has 176 valence electrons. The number of nitrogens with two attached hydrogens (primary N) is 1. The number of carboxylic acids is 1. The van der Waals surface area contributed by atoms with Gasteiger partial charge in [0.25, 0.3) is 5.91 Å². The van der Waals surface area contributed by atoms with E-state index in [1.807, 2.05) is 67.6 Å². The summed E-state index contributed by atoms with van der Waals surface area (Å²) in [6.07, 6.45) is -0.356. The number of aliphatic carboxylic acids is 1. The maximum Gasteiger partial charge on any atom is 0.303 e. The predicted molar refractivity (Wildman–Crippen MR) is 129 cm³/mol. The van der Waals surface area contributed by atoms with Gasteiger partial charge in [-0.3, -0.25) is 14.4 Å². The molecule has 0 radical (unpaired) electrons. The summed E-state index contributed by atoms with van der Waals surface area (Å²) in [7, 11) is 0. The molecule has 0 saturated carbocycles. The molecule has 3 rings (SSSR count). The minimum atomic E-state index is -1.06. The molecule has 0 aliphatic carbocycles. The Labute approximate surface area is 198 Å². The molecule has 0 fully saturated rings. The van der Waals surface area contributed by atoms with Gasteiger partial charge in [0.1, 0.15) is 6.04 Å². The molecule has 0 aromatic heterocycles. The molecule has 0 bridgehead atoms. The number of aryl methyl sites for hydroxylation is 1. The van der Waals surface area contributed by atoms with Gasteiger partial charge in [0.2, 0.25) is 5.91 Å². The molecule has 3 aromatic carbocycles. The first-order chi connectivity index (χ1) is 16.3. The normalized spacial score (nSPS) is 11.6. The number of nitrogens with zero attached hydrogens (tertiary/aromatic N) is 1. The third kappa shape index (κ3) is 6.30. The SMILES string of the molecule is Cc1cccc(CN(C(=O)c2ccc(-c3ccc(CO)cc3)cc2)[C@@H](CCC(=O)O)C(N)=O)c1. The quantitative estimate of drug-likeness (QED) is 0.427. The van der Waals surface area contributed by atoms with Crippen molar-refractivity contribution in [2.24, 2.45) is 5.73 Å². The molecule has 4 N–H and O–H groups in total. The van der Waals surface area contributed by atoms with Crippen LogP contribution < -0.4 is 5.73 Å². The van der Waals surface area contributed by atoms with Gasteiger partial charge in [0.05, 0.1) is 6.61 Å². The van der Waals surface area contributed by atoms with Crippen molar-refractivity contribution in [1.82, 2.24) is 4.90 Å². The van der Waals surface area contributed by atoms with E-state index < -0.39 is 23.8 Å². The second kappa shape index (κ2) is 11.2. The van der Waals surface area contributed by atoms with Crippen molar-refractivity contribution < 1.29 is 24.6 Å². The Bertz CT molecular complexity index is 1160. The summed E-state index contributed by atoms with van der Waals surface area (Å²) in [5.74, 6) is -2.22. The first-order valence-corrected chi connectivity index (χ1v) is 11.0. The fraction of sp³-hybridized carbons (Fsp3) is 0.222. The lowest BCUT2D eigenvalue weighted by molar-refractivity contribution is -0.137. The fourth-order valence-corrected chi connectivity index (χ4v) is 3.82. The number of hydrogen-bond acceptors (Lipinski definition) is 4. The van der Waals surface area contributed by atoms with Crippen LogP contribution in [0.3, 0.4) is 0 Å². The minimum absolute atomic E-state index is 0.0343. The van der Waals surface area contributed by atoms with Gasteiger partial charge in [-0.1, -0.05) is 66.2 Å². The van der Waals surface area contributed by atoms with Crippen LogP contribution in [0.2, 0.25) is 0 Å². The lowest BCUT2D eigenvalue weighted by Gasteiger charge is -2.30. The first kappa shape index (κ1) is 24.7. The van der Waals surface area contributed by atoms with Crippen LogP contribution >= 0.6 is 0 Å². The Balaban J connectivity index is 1.91. The summed E-state index contributed by atoms with van der Waals surface area (Å²) < 4.78 is 0. The van der Waals surface area contributed by atoms with Crippen molar-refractivity contribution in [3.8, 4) is 11.1 Å². The van der Waals surface area contributed by atoms with Gasteiger partial charge in [0.15, 0.2) is 0 Å². The number of primary amides is 1. The van der Waals surface area contributed by atoms with E-state index in [0.29, 0.717) is 5.56 Å². The average Bonchev–Trinajstić information content (AvgIpc) is 2.83. The molecule has 34 heavy (non-hydrogen) atoms. The lowest BCUT2D eigenvalue weighted by atomic mass is 10.0. The third-order valence-corrected chi connectivity index (χ3v) is 5.63. The molecule has 0 aliphatic rings. The van der Waals surface area contributed by atoms with Gasteiger partial charge in [-0.05, 0) is 47.7 Å². The number of benzene rings is 3. The molecule has 0 heterocycles. The third-order valence-electron chi connectivity index (χ3n) is 5.63. The molecule has 0 aliphatic heterocycles. The number of carbonyl (C=O) groups excluding carboxylic acids is 2. The van der Waals surface area contributed by atoms with E-state index in [1.54, 1.807) is 12.1 Å². The zero-order chi connectivity index (χ0) is 24.7. The van der Waals surface area contributed by atoms with Gasteiger partial charge in [-0.2, -0.15) is 0 Å². The van der Waals surface area contributed by atoms with E-state index >= 15 is 0 Å². The largest absolute Gasteiger partial charge is 0.481 e. The second-order valence-electron chi connectivity index (χ2n) is 8.21. The van der Waals surface area contributed by atoms with Crippen LogP contribution in [0, 0.1) is 6.92 Å². The zero-order valence-electron chi connectivity index (χ0n) is 19.0. The van der Waals surface area contributed by atoms with Crippen LogP contribution in [0.25, 0.3) is 11.1 Å². The zero-order valence-corrected chi connectivity index (χ0v) is 19.0. The van der Waals surface area contributed by atoms with Crippen LogP contribution in [0.15, 0.2) is 72.8 Å². The molecule has 7 heteroatoms. The summed E-state index contributed by atoms with van der Waals surface area (Å²) in [5.41, 5.74) is 10.4. The van der Waals surface area contributed by atoms with Crippen LogP contribution in [-0.4, -0.2) is 38.9 Å². The summed E-state index contributed by atoms with van der Waals surface area (Å²) in [4.78, 5) is 38.2. The number of hydrogen-bond donors (Lipinski definition) is 3. The van der Waals surface area contributed by atoms with Crippen molar-refractivity contribution in [3.05, 3.63) is 95.1 Å². The maximum absolute atomic E-state index is 13.5. The summed E-state index contributed by atoms with van der Waals surface area (Å²) in [6.45, 7) is 2.02. The molecule has 3 aromatic rings. The Morgan fingerprint density at radius 2 is 1.53 bits per heavy atom. The smallest absolute Gasteiger partial charge is 0.303 e. The number of aliphatic hydroxyl groups is 1. The van der Waals surface area contributed by atoms with Crippen molar-refractivity contribution in [2.45, 2.75) is 39.0 Å². The first-order valence-electron chi connectivity index (χ1n) is 11.0. The Hall–Kier alpha value is -3.97. The van der Waals surface area contributed by atoms with E-state index in [4.69, 9.17) is 10.8 Å². The summed E-state index contributed by atoms with van der Waals surface area (Å²) >= 11 is 0. The van der Waals surface area contributed by atoms with E-state index in [-0.39, 0.29) is 26.0 Å². The molecule has 7 nitrogen and oxygen atoms in total. The van der Waals surface area contributed by atoms with Gasteiger partial charge in [-0.15, -0.1) is 0 Å². The average molecular weight is 461 g/mol. The molecule has 0 spiro atoms. The van der Waals surface area contributed by atoms with Crippen LogP contribution in [0.5, 0.6) is 0 Å². The predicted octanol–water partition coefficient (Wildman–Crippen LogP) is 3.52. The van der Waals surface area contributed by atoms with E-state index in [0.717, 1.165) is 27.8 Å². The fourth-order valence-electron chi connectivity index (χ4n) is 3.82. The van der Waals surface area contributed by atoms with Crippen LogP contribution in [0.1, 0.15) is 39.9 Å². The van der Waals surface area contributed by atoms with E-state index in [2.05, 4.69) is 0 Å². The molecule has 1 atom stereocenters. The molecule has 0 saturated heterocycles. The van der Waals surface area contributed by atoms with Crippen LogP contribution in [-0.2, 0) is 22.7 Å². The highest BCUT2D eigenvalue weighted by atomic mass is 16.4. The second-order valence-corrected chi connectivity index (χ2v) is 8.21. The van der Waals surface area contributed by atoms with Crippen molar-refractivity contribution in [3.63, 3.8) is 0 Å². The van der Waals surface area contributed by atoms with Crippen molar-refractivity contribution in [2.75, 3.05) is 0 Å². The highest BCUT2D eigenvalue weighted by Gasteiger charge is 2.29. The van der Waals surface area contributed by atoms with Crippen LogP contribution in [0.4, 0.5) is 0 Å². The summed E-state index contributed by atoms with van der Waals surface area (Å²) in [5, 5.41) is 18.3. The maximum atomic E-state index is 13.5.